The molecule has 0 bridgehead atoms. The highest BCUT2D eigenvalue weighted by Gasteiger charge is 2.35. The van der Waals surface area contributed by atoms with Gasteiger partial charge >= 0.3 is 0 Å². The Bertz CT molecular complexity index is 882. The van der Waals surface area contributed by atoms with Crippen molar-refractivity contribution in [2.45, 2.75) is 6.42 Å². The molecule has 1 aliphatic rings. The molecular weight excluding hydrogens is 362 g/mol. The number of ether oxygens (including phenoxy) is 2. The fourth-order valence-corrected chi connectivity index (χ4v) is 2.95. The second kappa shape index (κ2) is 8.43. The fourth-order valence-electron chi connectivity index (χ4n) is 2.95. The first-order chi connectivity index (χ1) is 13.5. The molecule has 1 aliphatic heterocycles. The molecule has 2 aromatic rings. The number of nitrogens with one attached hydrogen (secondary N) is 2. The number of carbonyl (C=O) groups excluding carboxylic acids is 3. The lowest BCUT2D eigenvalue weighted by Gasteiger charge is -2.17. The Balaban J connectivity index is 1.57. The van der Waals surface area contributed by atoms with E-state index in [1.807, 2.05) is 0 Å². The highest BCUT2D eigenvalue weighted by Crippen LogP contribution is 2.26. The maximum atomic E-state index is 12.4. The van der Waals surface area contributed by atoms with Gasteiger partial charge in [-0.25, -0.2) is 0 Å². The third-order valence-electron chi connectivity index (χ3n) is 4.51. The molecule has 1 heterocycles. The van der Waals surface area contributed by atoms with Gasteiger partial charge in [0.15, 0.2) is 0 Å². The lowest BCUT2D eigenvalue weighted by atomic mass is 10.1. The molecule has 0 aliphatic carbocycles. The van der Waals surface area contributed by atoms with Crippen molar-refractivity contribution in [1.82, 2.24) is 10.9 Å². The zero-order valence-electron chi connectivity index (χ0n) is 15.6. The van der Waals surface area contributed by atoms with Gasteiger partial charge in [0.05, 0.1) is 20.1 Å². The Morgan fingerprint density at radius 3 is 2.39 bits per heavy atom. The number of amides is 3. The van der Waals surface area contributed by atoms with Gasteiger partial charge in [-0.2, -0.15) is 0 Å². The first-order valence-corrected chi connectivity index (χ1v) is 8.70. The van der Waals surface area contributed by atoms with Crippen molar-refractivity contribution >= 4 is 23.4 Å². The first-order valence-electron chi connectivity index (χ1n) is 8.70. The lowest BCUT2D eigenvalue weighted by Crippen LogP contribution is -2.45. The molecule has 0 radical (unpaired) electrons. The monoisotopic (exact) mass is 383 g/mol. The lowest BCUT2D eigenvalue weighted by molar-refractivity contribution is -0.126. The number of benzene rings is 2. The van der Waals surface area contributed by atoms with Crippen molar-refractivity contribution in [2.24, 2.45) is 5.92 Å². The van der Waals surface area contributed by atoms with Crippen LogP contribution in [-0.4, -0.2) is 38.5 Å². The van der Waals surface area contributed by atoms with Crippen LogP contribution in [0.5, 0.6) is 11.5 Å². The van der Waals surface area contributed by atoms with Gasteiger partial charge in [-0.3, -0.25) is 25.2 Å². The quantitative estimate of drug-likeness (QED) is 0.763. The minimum Gasteiger partial charge on any atom is -0.497 e. The van der Waals surface area contributed by atoms with Gasteiger partial charge < -0.3 is 14.4 Å². The number of hydrogen-bond acceptors (Lipinski definition) is 5. The van der Waals surface area contributed by atoms with E-state index < -0.39 is 17.7 Å². The highest BCUT2D eigenvalue weighted by molar-refractivity contribution is 6.01. The largest absolute Gasteiger partial charge is 0.497 e. The molecule has 0 aromatic heterocycles. The van der Waals surface area contributed by atoms with E-state index in [9.17, 15) is 14.4 Å². The number of hydrazine groups is 1. The Labute approximate surface area is 162 Å². The second-order valence-corrected chi connectivity index (χ2v) is 6.28. The number of hydrogen-bond donors (Lipinski definition) is 2. The number of carbonyl (C=O) groups is 3. The van der Waals surface area contributed by atoms with E-state index in [0.717, 1.165) is 0 Å². The minimum atomic E-state index is -0.555. The molecule has 0 unspecified atom stereocenters. The van der Waals surface area contributed by atoms with Crippen LogP contribution in [0.15, 0.2) is 48.5 Å². The van der Waals surface area contributed by atoms with Crippen LogP contribution in [0, 0.1) is 5.92 Å². The molecule has 1 fully saturated rings. The Hall–Kier alpha value is -3.55. The van der Waals surface area contributed by atoms with Crippen LogP contribution in [0.1, 0.15) is 16.8 Å². The number of methoxy groups -OCH3 is 2. The Morgan fingerprint density at radius 2 is 1.71 bits per heavy atom. The number of nitrogens with zero attached hydrogens (tertiary/aromatic N) is 1. The average Bonchev–Trinajstić information content (AvgIpc) is 3.13. The van der Waals surface area contributed by atoms with Crippen molar-refractivity contribution < 1.29 is 23.9 Å². The van der Waals surface area contributed by atoms with Gasteiger partial charge in [-0.15, -0.1) is 0 Å². The summed E-state index contributed by atoms with van der Waals surface area (Å²) in [6.07, 6.45) is 0.0763. The third kappa shape index (κ3) is 4.22. The summed E-state index contributed by atoms with van der Waals surface area (Å²) in [6, 6.07) is 13.6. The van der Waals surface area contributed by atoms with Crippen LogP contribution < -0.4 is 25.2 Å². The van der Waals surface area contributed by atoms with Gasteiger partial charge in [-0.1, -0.05) is 6.07 Å². The van der Waals surface area contributed by atoms with E-state index in [2.05, 4.69) is 10.9 Å². The second-order valence-electron chi connectivity index (χ2n) is 6.28. The SMILES string of the molecule is COc1ccc(N2C[C@@H](C(=O)NNC(=O)c3cccc(OC)c3)CC2=O)cc1. The molecule has 8 nitrogen and oxygen atoms in total. The van der Waals surface area contributed by atoms with Gasteiger partial charge in [0.2, 0.25) is 11.8 Å². The molecule has 3 rings (SSSR count). The minimum absolute atomic E-state index is 0.0763. The fraction of sp³-hybridized carbons (Fsp3) is 0.250. The Kier molecular flexibility index (Phi) is 5.78. The molecule has 8 heteroatoms. The van der Waals surface area contributed by atoms with Gasteiger partial charge in [0, 0.05) is 24.2 Å². The van der Waals surface area contributed by atoms with Crippen molar-refractivity contribution in [3.05, 3.63) is 54.1 Å². The summed E-state index contributed by atoms with van der Waals surface area (Å²) in [7, 11) is 3.07. The summed E-state index contributed by atoms with van der Waals surface area (Å²) < 4.78 is 10.2. The molecule has 1 saturated heterocycles. The molecule has 146 valence electrons. The highest BCUT2D eigenvalue weighted by atomic mass is 16.5. The normalized spacial score (nSPS) is 15.9. The first kappa shape index (κ1) is 19.2. The van der Waals surface area contributed by atoms with Crippen LogP contribution in [0.25, 0.3) is 0 Å². The van der Waals surface area contributed by atoms with E-state index >= 15 is 0 Å². The molecular formula is C20H21N3O5. The van der Waals surface area contributed by atoms with Gasteiger partial charge in [-0.05, 0) is 42.5 Å². The zero-order valence-corrected chi connectivity index (χ0v) is 15.6. The van der Waals surface area contributed by atoms with Crippen LogP contribution in [-0.2, 0) is 9.59 Å². The predicted molar refractivity (Wildman–Crippen MR) is 102 cm³/mol. The molecule has 3 amide bonds. The summed E-state index contributed by atoms with van der Waals surface area (Å²) in [5, 5.41) is 0. The van der Waals surface area contributed by atoms with E-state index in [0.29, 0.717) is 22.7 Å². The molecule has 0 spiro atoms. The van der Waals surface area contributed by atoms with Crippen LogP contribution >= 0.6 is 0 Å². The van der Waals surface area contributed by atoms with Crippen LogP contribution in [0.3, 0.4) is 0 Å². The van der Waals surface area contributed by atoms with E-state index in [1.165, 1.54) is 7.11 Å². The van der Waals surface area contributed by atoms with Gasteiger partial charge in [0.1, 0.15) is 11.5 Å². The summed E-state index contributed by atoms with van der Waals surface area (Å²) in [5.41, 5.74) is 5.81. The molecule has 1 atom stereocenters. The number of anilines is 1. The van der Waals surface area contributed by atoms with Crippen LogP contribution in [0.2, 0.25) is 0 Å². The summed E-state index contributed by atoms with van der Waals surface area (Å²) in [5.74, 6) is -0.366. The van der Waals surface area contributed by atoms with Crippen molar-refractivity contribution in [2.75, 3.05) is 25.7 Å². The summed E-state index contributed by atoms with van der Waals surface area (Å²) in [6.45, 7) is 0.242. The van der Waals surface area contributed by atoms with Crippen LogP contribution in [0.4, 0.5) is 5.69 Å². The molecule has 0 saturated carbocycles. The topological polar surface area (TPSA) is 97.0 Å². The third-order valence-corrected chi connectivity index (χ3v) is 4.51. The average molecular weight is 383 g/mol. The van der Waals surface area contributed by atoms with Crippen molar-refractivity contribution in [3.8, 4) is 11.5 Å². The maximum absolute atomic E-state index is 12.4. The standard InChI is InChI=1S/C20H21N3O5/c1-27-16-8-6-15(7-9-16)23-12-14(11-18(23)24)20(26)22-21-19(25)13-4-3-5-17(10-13)28-2/h3-10,14H,11-12H2,1-2H3,(H,21,25)(H,22,26)/t14-/m0/s1. The van der Waals surface area contributed by atoms with E-state index in [-0.39, 0.29) is 18.9 Å². The Morgan fingerprint density at radius 1 is 1.00 bits per heavy atom. The zero-order chi connectivity index (χ0) is 20.1. The van der Waals surface area contributed by atoms with Crippen molar-refractivity contribution in [3.63, 3.8) is 0 Å². The summed E-state index contributed by atoms with van der Waals surface area (Å²) >= 11 is 0. The van der Waals surface area contributed by atoms with E-state index in [4.69, 9.17) is 9.47 Å². The smallest absolute Gasteiger partial charge is 0.269 e. The maximum Gasteiger partial charge on any atom is 0.269 e. The van der Waals surface area contributed by atoms with Crippen molar-refractivity contribution in [1.29, 1.82) is 0 Å². The predicted octanol–water partition coefficient (Wildman–Crippen LogP) is 1.52. The van der Waals surface area contributed by atoms with Gasteiger partial charge in [0.25, 0.3) is 5.91 Å². The molecule has 2 N–H and O–H groups in total. The molecule has 2 aromatic carbocycles. The van der Waals surface area contributed by atoms with E-state index in [1.54, 1.807) is 60.5 Å². The number of rotatable bonds is 5. The molecule has 28 heavy (non-hydrogen) atoms. The summed E-state index contributed by atoms with van der Waals surface area (Å²) in [4.78, 5) is 38.4.